The van der Waals surface area contributed by atoms with Crippen LogP contribution in [0.4, 0.5) is 0 Å². The number of rotatable bonds is 4. The van der Waals surface area contributed by atoms with Crippen molar-refractivity contribution in [2.45, 2.75) is 19.8 Å². The van der Waals surface area contributed by atoms with Gasteiger partial charge in [0.2, 0.25) is 11.8 Å². The molecule has 0 aromatic heterocycles. The molecule has 0 bridgehead atoms. The molecule has 0 aliphatic carbocycles. The molecule has 0 aromatic carbocycles. The summed E-state index contributed by atoms with van der Waals surface area (Å²) in [4.78, 5) is 34.8. The summed E-state index contributed by atoms with van der Waals surface area (Å²) in [6.45, 7) is 2.38. The zero-order valence-electron chi connectivity index (χ0n) is 9.23. The number of nitrogens with one attached hydrogen (secondary N) is 1. The maximum atomic E-state index is 11.5. The average Bonchev–Trinajstić information content (AvgIpc) is 2.21. The van der Waals surface area contributed by atoms with Gasteiger partial charge in [0.15, 0.2) is 0 Å². The van der Waals surface area contributed by atoms with Crippen molar-refractivity contribution in [3.05, 3.63) is 0 Å². The lowest BCUT2D eigenvalue weighted by atomic mass is 9.98. The van der Waals surface area contributed by atoms with Gasteiger partial charge in [0.05, 0.1) is 12.5 Å². The van der Waals surface area contributed by atoms with Crippen molar-refractivity contribution in [2.75, 3.05) is 19.6 Å². The molecule has 2 N–H and O–H groups in total. The number of likely N-dealkylation sites (N-methyl/N-ethyl adjacent to an activating group) is 1. The van der Waals surface area contributed by atoms with Gasteiger partial charge >= 0.3 is 5.97 Å². The summed E-state index contributed by atoms with van der Waals surface area (Å²) >= 11 is 0. The van der Waals surface area contributed by atoms with Crippen molar-refractivity contribution < 1.29 is 19.5 Å². The lowest BCUT2D eigenvalue weighted by Gasteiger charge is -2.29. The molecule has 6 nitrogen and oxygen atoms in total. The monoisotopic (exact) mass is 228 g/mol. The second kappa shape index (κ2) is 5.48. The van der Waals surface area contributed by atoms with E-state index in [0.717, 1.165) is 0 Å². The van der Waals surface area contributed by atoms with Gasteiger partial charge in [0.25, 0.3) is 0 Å². The number of piperidine rings is 1. The minimum Gasteiger partial charge on any atom is -0.481 e. The molecule has 0 radical (unpaired) electrons. The molecular weight excluding hydrogens is 212 g/mol. The standard InChI is InChI=1S/C10H16N2O4/c1-2-11-8(13)6-12-5-7(10(15)16)3-4-9(12)14/h7H,2-6H2,1H3,(H,11,13)(H,15,16). The number of carbonyl (C=O) groups excluding carboxylic acids is 2. The molecule has 1 saturated heterocycles. The van der Waals surface area contributed by atoms with Crippen molar-refractivity contribution in [3.63, 3.8) is 0 Å². The molecule has 1 heterocycles. The van der Waals surface area contributed by atoms with Crippen molar-refractivity contribution in [1.29, 1.82) is 0 Å². The van der Waals surface area contributed by atoms with Crippen LogP contribution in [0, 0.1) is 5.92 Å². The fraction of sp³-hybridized carbons (Fsp3) is 0.700. The molecule has 1 unspecified atom stereocenters. The maximum absolute atomic E-state index is 11.5. The molecule has 1 rings (SSSR count). The molecule has 1 atom stereocenters. The lowest BCUT2D eigenvalue weighted by Crippen LogP contribution is -2.47. The fourth-order valence-corrected chi connectivity index (χ4v) is 1.70. The number of carboxylic acids is 1. The maximum Gasteiger partial charge on any atom is 0.308 e. The van der Waals surface area contributed by atoms with E-state index in [1.807, 2.05) is 0 Å². The van der Waals surface area contributed by atoms with Crippen LogP contribution in [0.5, 0.6) is 0 Å². The molecule has 90 valence electrons. The number of carbonyl (C=O) groups is 3. The SMILES string of the molecule is CCNC(=O)CN1CC(C(=O)O)CCC1=O. The summed E-state index contributed by atoms with van der Waals surface area (Å²) < 4.78 is 0. The van der Waals surface area contributed by atoms with Gasteiger partial charge < -0.3 is 15.3 Å². The van der Waals surface area contributed by atoms with Gasteiger partial charge in [-0.25, -0.2) is 0 Å². The van der Waals surface area contributed by atoms with Gasteiger partial charge in [-0.2, -0.15) is 0 Å². The number of aliphatic carboxylic acids is 1. The van der Waals surface area contributed by atoms with Gasteiger partial charge in [-0.15, -0.1) is 0 Å². The first-order valence-corrected chi connectivity index (χ1v) is 5.31. The summed E-state index contributed by atoms with van der Waals surface area (Å²) in [5.74, 6) is -1.86. The molecule has 0 spiro atoms. The smallest absolute Gasteiger partial charge is 0.308 e. The Hall–Kier alpha value is -1.59. The molecule has 0 saturated carbocycles. The predicted octanol–water partition coefficient (Wildman–Crippen LogP) is -0.554. The van der Waals surface area contributed by atoms with E-state index in [0.29, 0.717) is 13.0 Å². The minimum atomic E-state index is -0.909. The highest BCUT2D eigenvalue weighted by Crippen LogP contribution is 2.17. The Bertz CT molecular complexity index is 303. The summed E-state index contributed by atoms with van der Waals surface area (Å²) in [6, 6.07) is 0. The zero-order valence-corrected chi connectivity index (χ0v) is 9.23. The van der Waals surface area contributed by atoms with Crippen molar-refractivity contribution >= 4 is 17.8 Å². The Morgan fingerprint density at radius 1 is 1.56 bits per heavy atom. The molecule has 0 aromatic rings. The highest BCUT2D eigenvalue weighted by molar-refractivity contribution is 5.86. The van der Waals surface area contributed by atoms with Crippen molar-refractivity contribution in [3.8, 4) is 0 Å². The number of likely N-dealkylation sites (tertiary alicyclic amines) is 1. The second-order valence-corrected chi connectivity index (χ2v) is 3.80. The molecular formula is C10H16N2O4. The van der Waals surface area contributed by atoms with Crippen molar-refractivity contribution in [1.82, 2.24) is 10.2 Å². The molecule has 6 heteroatoms. The third kappa shape index (κ3) is 3.22. The van der Waals surface area contributed by atoms with Gasteiger partial charge in [-0.3, -0.25) is 14.4 Å². The van der Waals surface area contributed by atoms with Gasteiger partial charge in [0, 0.05) is 19.5 Å². The zero-order chi connectivity index (χ0) is 12.1. The third-order valence-corrected chi connectivity index (χ3v) is 2.56. The highest BCUT2D eigenvalue weighted by Gasteiger charge is 2.30. The van der Waals surface area contributed by atoms with Crippen LogP contribution in [0.2, 0.25) is 0 Å². The topological polar surface area (TPSA) is 86.7 Å². The normalized spacial score (nSPS) is 20.7. The van der Waals surface area contributed by atoms with Gasteiger partial charge in [-0.05, 0) is 13.3 Å². The number of carboxylic acid groups (broad SMARTS) is 1. The van der Waals surface area contributed by atoms with Crippen LogP contribution in [0.3, 0.4) is 0 Å². The van der Waals surface area contributed by atoms with Gasteiger partial charge in [-0.1, -0.05) is 0 Å². The van der Waals surface area contributed by atoms with Crippen LogP contribution in [-0.2, 0) is 14.4 Å². The van der Waals surface area contributed by atoms with Crippen LogP contribution in [0.1, 0.15) is 19.8 Å². The van der Waals surface area contributed by atoms with Crippen LogP contribution in [0.25, 0.3) is 0 Å². The van der Waals surface area contributed by atoms with Crippen molar-refractivity contribution in [2.24, 2.45) is 5.92 Å². The summed E-state index contributed by atoms with van der Waals surface area (Å²) in [6.07, 6.45) is 0.566. The summed E-state index contributed by atoms with van der Waals surface area (Å²) in [5, 5.41) is 11.4. The second-order valence-electron chi connectivity index (χ2n) is 3.80. The van der Waals surface area contributed by atoms with E-state index in [2.05, 4.69) is 5.32 Å². The molecule has 1 aliphatic rings. The lowest BCUT2D eigenvalue weighted by molar-refractivity contribution is -0.149. The first kappa shape index (κ1) is 12.5. The van der Waals surface area contributed by atoms with Crippen LogP contribution < -0.4 is 5.32 Å². The minimum absolute atomic E-state index is 0.0452. The number of amides is 2. The Balaban J connectivity index is 2.53. The fourth-order valence-electron chi connectivity index (χ4n) is 1.70. The molecule has 1 fully saturated rings. The Labute approximate surface area is 93.6 Å². The van der Waals surface area contributed by atoms with Crippen LogP contribution in [0.15, 0.2) is 0 Å². The first-order valence-electron chi connectivity index (χ1n) is 5.31. The Morgan fingerprint density at radius 2 is 2.25 bits per heavy atom. The Kier molecular flexibility index (Phi) is 4.28. The number of hydrogen-bond acceptors (Lipinski definition) is 3. The third-order valence-electron chi connectivity index (χ3n) is 2.56. The van der Waals surface area contributed by atoms with E-state index in [1.54, 1.807) is 6.92 Å². The van der Waals surface area contributed by atoms with E-state index in [1.165, 1.54) is 4.90 Å². The number of hydrogen-bond donors (Lipinski definition) is 2. The van der Waals surface area contributed by atoms with E-state index in [9.17, 15) is 14.4 Å². The predicted molar refractivity (Wildman–Crippen MR) is 55.6 cm³/mol. The van der Waals surface area contributed by atoms with E-state index < -0.39 is 11.9 Å². The first-order chi connectivity index (χ1) is 7.54. The van der Waals surface area contributed by atoms with E-state index in [4.69, 9.17) is 5.11 Å². The number of nitrogens with zero attached hydrogens (tertiary/aromatic N) is 1. The quantitative estimate of drug-likeness (QED) is 0.675. The van der Waals surface area contributed by atoms with Gasteiger partial charge in [0.1, 0.15) is 0 Å². The summed E-state index contributed by atoms with van der Waals surface area (Å²) in [5.41, 5.74) is 0. The average molecular weight is 228 g/mol. The molecule has 1 aliphatic heterocycles. The molecule has 16 heavy (non-hydrogen) atoms. The molecule has 2 amide bonds. The Morgan fingerprint density at radius 3 is 2.81 bits per heavy atom. The van der Waals surface area contributed by atoms with Crippen LogP contribution in [-0.4, -0.2) is 47.4 Å². The highest BCUT2D eigenvalue weighted by atomic mass is 16.4. The van der Waals surface area contributed by atoms with E-state index >= 15 is 0 Å². The van der Waals surface area contributed by atoms with Crippen LogP contribution >= 0.6 is 0 Å². The summed E-state index contributed by atoms with van der Waals surface area (Å²) in [7, 11) is 0. The largest absolute Gasteiger partial charge is 0.481 e. The van der Waals surface area contributed by atoms with E-state index in [-0.39, 0.29) is 31.3 Å².